The summed E-state index contributed by atoms with van der Waals surface area (Å²) in [5, 5.41) is 11.5. The Morgan fingerprint density at radius 2 is 1.86 bits per heavy atom. The topological polar surface area (TPSA) is 67.8 Å². The Labute approximate surface area is 129 Å². The second kappa shape index (κ2) is 5.52. The van der Waals surface area contributed by atoms with E-state index in [0.717, 1.165) is 5.46 Å². The van der Waals surface area contributed by atoms with Gasteiger partial charge >= 0.3 is 13.2 Å². The molecule has 7 heteroatoms. The van der Waals surface area contributed by atoms with Gasteiger partial charge in [0.2, 0.25) is 0 Å². The number of halogens is 1. The van der Waals surface area contributed by atoms with Gasteiger partial charge in [-0.3, -0.25) is 0 Å². The molecular weight excluding hydrogens is 292 g/mol. The van der Waals surface area contributed by atoms with Crippen LogP contribution in [0, 0.1) is 0 Å². The molecule has 1 fully saturated rings. The average Bonchev–Trinajstić information content (AvgIpc) is 2.57. The van der Waals surface area contributed by atoms with Crippen LogP contribution in [0.5, 0.6) is 0 Å². The van der Waals surface area contributed by atoms with Crippen LogP contribution in [0.15, 0.2) is 18.2 Å². The molecule has 0 unspecified atom stereocenters. The number of hydrogen-bond donors (Lipinski definition) is 2. The van der Waals surface area contributed by atoms with Crippen LogP contribution < -0.4 is 10.8 Å². The van der Waals surface area contributed by atoms with E-state index in [1.54, 1.807) is 12.1 Å². The van der Waals surface area contributed by atoms with Crippen molar-refractivity contribution in [1.82, 2.24) is 5.32 Å². The summed E-state index contributed by atoms with van der Waals surface area (Å²) in [6, 6.07) is 5.36. The molecule has 5 nitrogen and oxygen atoms in total. The molecule has 1 aliphatic rings. The molecule has 2 rings (SSSR count). The largest absolute Gasteiger partial charge is 0.494 e. The highest BCUT2D eigenvalue weighted by molar-refractivity contribution is 6.62. The highest BCUT2D eigenvalue weighted by atomic mass is 35.5. The summed E-state index contributed by atoms with van der Waals surface area (Å²) in [5.74, 6) is 0. The third-order valence-electron chi connectivity index (χ3n) is 4.03. The summed E-state index contributed by atoms with van der Waals surface area (Å²) in [7, 11) is -0.490. The molecule has 0 radical (unpaired) electrons. The van der Waals surface area contributed by atoms with Crippen molar-refractivity contribution in [2.75, 3.05) is 0 Å². The molecule has 114 valence electrons. The van der Waals surface area contributed by atoms with Crippen LogP contribution in [-0.2, 0) is 15.9 Å². The fraction of sp³-hybridized carbons (Fsp3) is 0.500. The fourth-order valence-electron chi connectivity index (χ4n) is 2.03. The Balaban J connectivity index is 2.22. The fourth-order valence-corrected chi connectivity index (χ4v) is 2.21. The Bertz CT molecular complexity index is 546. The number of rotatable bonds is 3. The maximum absolute atomic E-state index is 10.6. The van der Waals surface area contributed by atoms with Gasteiger partial charge in [0.05, 0.1) is 11.2 Å². The van der Waals surface area contributed by atoms with Crippen molar-refractivity contribution in [3.63, 3.8) is 0 Å². The lowest BCUT2D eigenvalue weighted by atomic mass is 9.78. The summed E-state index contributed by atoms with van der Waals surface area (Å²) in [5.41, 5.74) is 0.666. The minimum Gasteiger partial charge on any atom is -0.465 e. The van der Waals surface area contributed by atoms with Crippen molar-refractivity contribution < 1.29 is 19.2 Å². The van der Waals surface area contributed by atoms with Crippen molar-refractivity contribution in [3.8, 4) is 0 Å². The number of hydrogen-bond acceptors (Lipinski definition) is 3. The van der Waals surface area contributed by atoms with E-state index in [4.69, 9.17) is 26.0 Å². The highest BCUT2D eigenvalue weighted by Crippen LogP contribution is 2.36. The molecule has 0 spiro atoms. The Morgan fingerprint density at radius 1 is 1.29 bits per heavy atom. The van der Waals surface area contributed by atoms with Crippen LogP contribution in [0.1, 0.15) is 33.3 Å². The lowest BCUT2D eigenvalue weighted by Crippen LogP contribution is -2.41. The number of amides is 1. The van der Waals surface area contributed by atoms with E-state index in [-0.39, 0.29) is 6.54 Å². The van der Waals surface area contributed by atoms with Gasteiger partial charge in [-0.05, 0) is 44.8 Å². The summed E-state index contributed by atoms with van der Waals surface area (Å²) < 4.78 is 11.9. The van der Waals surface area contributed by atoms with Gasteiger partial charge in [0.15, 0.2) is 0 Å². The quantitative estimate of drug-likeness (QED) is 0.841. The van der Waals surface area contributed by atoms with Crippen LogP contribution in [0.4, 0.5) is 4.79 Å². The number of benzene rings is 1. The molecule has 1 aromatic rings. The Hall–Kier alpha value is -1.24. The second-order valence-corrected chi connectivity index (χ2v) is 6.51. The van der Waals surface area contributed by atoms with E-state index < -0.39 is 24.4 Å². The van der Waals surface area contributed by atoms with E-state index >= 15 is 0 Å². The zero-order valence-electron chi connectivity index (χ0n) is 12.6. The first kappa shape index (κ1) is 16.1. The van der Waals surface area contributed by atoms with Crippen LogP contribution >= 0.6 is 11.6 Å². The van der Waals surface area contributed by atoms with Crippen molar-refractivity contribution in [1.29, 1.82) is 0 Å². The highest BCUT2D eigenvalue weighted by Gasteiger charge is 2.51. The van der Waals surface area contributed by atoms with Crippen molar-refractivity contribution in [3.05, 3.63) is 28.8 Å². The number of carbonyl (C=O) groups is 1. The summed E-state index contributed by atoms with van der Waals surface area (Å²) in [6.07, 6.45) is -1.09. The predicted octanol–water partition coefficient (Wildman–Crippen LogP) is 2.41. The first-order chi connectivity index (χ1) is 9.62. The molecule has 0 aliphatic carbocycles. The third kappa shape index (κ3) is 3.34. The molecule has 1 heterocycles. The molecule has 1 aromatic carbocycles. The smallest absolute Gasteiger partial charge is 0.465 e. The van der Waals surface area contributed by atoms with Crippen LogP contribution in [0.2, 0.25) is 5.02 Å². The summed E-state index contributed by atoms with van der Waals surface area (Å²) in [6.45, 7) is 8.07. The lowest BCUT2D eigenvalue weighted by Gasteiger charge is -2.32. The van der Waals surface area contributed by atoms with Gasteiger partial charge in [0.1, 0.15) is 0 Å². The van der Waals surface area contributed by atoms with Crippen molar-refractivity contribution >= 4 is 30.3 Å². The van der Waals surface area contributed by atoms with Crippen molar-refractivity contribution in [2.24, 2.45) is 0 Å². The normalized spacial score (nSPS) is 19.6. The predicted molar refractivity (Wildman–Crippen MR) is 82.0 cm³/mol. The number of carboxylic acid groups (broad SMARTS) is 1. The van der Waals surface area contributed by atoms with Gasteiger partial charge in [-0.1, -0.05) is 23.7 Å². The maximum Gasteiger partial charge on any atom is 0.494 e. The van der Waals surface area contributed by atoms with E-state index in [9.17, 15) is 4.79 Å². The molecule has 0 bridgehead atoms. The third-order valence-corrected chi connectivity index (χ3v) is 4.39. The van der Waals surface area contributed by atoms with Gasteiger partial charge in [0.25, 0.3) is 0 Å². The second-order valence-electron chi connectivity index (χ2n) is 6.10. The molecule has 1 amide bonds. The standard InChI is InChI=1S/C14H19BClNO4/c1-13(2)14(3,4)21-15(20-13)10-5-6-11(16)9(7-10)8-17-12(18)19/h5-7,17H,8H2,1-4H3,(H,18,19). The van der Waals surface area contributed by atoms with E-state index in [0.29, 0.717) is 10.6 Å². The first-order valence-corrected chi connectivity index (χ1v) is 7.11. The van der Waals surface area contributed by atoms with Gasteiger partial charge < -0.3 is 19.7 Å². The summed E-state index contributed by atoms with van der Waals surface area (Å²) >= 11 is 6.08. The van der Waals surface area contributed by atoms with Crippen molar-refractivity contribution in [2.45, 2.75) is 45.4 Å². The molecule has 2 N–H and O–H groups in total. The first-order valence-electron chi connectivity index (χ1n) is 6.73. The summed E-state index contributed by atoms with van der Waals surface area (Å²) in [4.78, 5) is 10.6. The molecule has 21 heavy (non-hydrogen) atoms. The van der Waals surface area contributed by atoms with Gasteiger partial charge in [-0.15, -0.1) is 0 Å². The van der Waals surface area contributed by atoms with Crippen LogP contribution in [0.25, 0.3) is 0 Å². The monoisotopic (exact) mass is 311 g/mol. The molecular formula is C14H19BClNO4. The zero-order valence-corrected chi connectivity index (χ0v) is 13.3. The molecule has 1 saturated heterocycles. The van der Waals surface area contributed by atoms with E-state index in [2.05, 4.69) is 5.32 Å². The van der Waals surface area contributed by atoms with E-state index in [1.807, 2.05) is 33.8 Å². The SMILES string of the molecule is CC1(C)OB(c2ccc(Cl)c(CNC(=O)O)c2)OC1(C)C. The number of nitrogens with one attached hydrogen (secondary N) is 1. The lowest BCUT2D eigenvalue weighted by molar-refractivity contribution is 0.00578. The van der Waals surface area contributed by atoms with Gasteiger partial charge in [-0.25, -0.2) is 4.79 Å². The molecule has 0 atom stereocenters. The minimum atomic E-state index is -1.09. The zero-order chi connectivity index (χ0) is 15.8. The van der Waals surface area contributed by atoms with E-state index in [1.165, 1.54) is 0 Å². The van der Waals surface area contributed by atoms with Gasteiger partial charge in [-0.2, -0.15) is 0 Å². The minimum absolute atomic E-state index is 0.140. The van der Waals surface area contributed by atoms with Gasteiger partial charge in [0, 0.05) is 11.6 Å². The molecule has 0 aromatic heterocycles. The molecule has 1 aliphatic heterocycles. The maximum atomic E-state index is 10.6. The van der Waals surface area contributed by atoms with Crippen LogP contribution in [0.3, 0.4) is 0 Å². The Kier molecular flexibility index (Phi) is 4.24. The Morgan fingerprint density at radius 3 is 2.38 bits per heavy atom. The molecule has 0 saturated carbocycles. The van der Waals surface area contributed by atoms with Crippen LogP contribution in [-0.4, -0.2) is 29.5 Å². The average molecular weight is 312 g/mol.